The molecular weight excluding hydrogens is 546 g/mol. The molecule has 0 unspecified atom stereocenters. The van der Waals surface area contributed by atoms with Crippen LogP contribution in [0, 0.1) is 0 Å². The second kappa shape index (κ2) is 14.8. The van der Waals surface area contributed by atoms with Crippen LogP contribution >= 0.6 is 11.6 Å². The average molecular weight is 586 g/mol. The highest BCUT2D eigenvalue weighted by Gasteiger charge is 2.32. The minimum absolute atomic E-state index is 0.0878. The Hall–Kier alpha value is -2.65. The van der Waals surface area contributed by atoms with Crippen molar-refractivity contribution in [1.82, 2.24) is 13.8 Å². The Labute approximate surface area is 243 Å². The number of hydrogen-bond donors (Lipinski definition) is 0. The van der Waals surface area contributed by atoms with Gasteiger partial charge in [-0.2, -0.15) is 4.31 Å². The van der Waals surface area contributed by atoms with Crippen molar-refractivity contribution >= 4 is 27.5 Å². The molecule has 1 heterocycles. The van der Waals surface area contributed by atoms with Gasteiger partial charge in [-0.3, -0.25) is 4.79 Å². The van der Waals surface area contributed by atoms with Crippen LogP contribution in [0.4, 0.5) is 0 Å². The zero-order chi connectivity index (χ0) is 28.4. The molecule has 0 radical (unpaired) electrons. The van der Waals surface area contributed by atoms with Crippen molar-refractivity contribution in [1.29, 1.82) is 0 Å². The molecule has 0 atom stereocenters. The van der Waals surface area contributed by atoms with Gasteiger partial charge in [-0.05, 0) is 68.1 Å². The van der Waals surface area contributed by atoms with Gasteiger partial charge < -0.3 is 14.2 Å². The normalized spacial score (nSPS) is 14.5. The van der Waals surface area contributed by atoms with E-state index < -0.39 is 10.0 Å². The van der Waals surface area contributed by atoms with Crippen LogP contribution in [0.3, 0.4) is 0 Å². The highest BCUT2D eigenvalue weighted by atomic mass is 35.5. The van der Waals surface area contributed by atoms with Gasteiger partial charge in [0.2, 0.25) is 15.9 Å². The molecule has 1 aliphatic rings. The number of nitrogens with zero attached hydrogens (tertiary/aromatic N) is 3. The fraction of sp³-hybridized carbons (Fsp3) is 0.452. The molecule has 1 amide bonds. The van der Waals surface area contributed by atoms with Crippen LogP contribution in [0.2, 0.25) is 5.02 Å². The first-order valence-electron chi connectivity index (χ1n) is 14.2. The Morgan fingerprint density at radius 2 is 1.73 bits per heavy atom. The van der Waals surface area contributed by atoms with Crippen LogP contribution in [-0.4, -0.2) is 60.4 Å². The van der Waals surface area contributed by atoms with Gasteiger partial charge in [-0.25, -0.2) is 8.42 Å². The number of benzene rings is 2. The predicted molar refractivity (Wildman–Crippen MR) is 159 cm³/mol. The molecule has 216 valence electrons. The molecule has 1 aromatic heterocycles. The van der Waals surface area contributed by atoms with Crippen molar-refractivity contribution < 1.29 is 17.9 Å². The van der Waals surface area contributed by atoms with Gasteiger partial charge >= 0.3 is 0 Å². The average Bonchev–Trinajstić information content (AvgIpc) is 3.40. The van der Waals surface area contributed by atoms with Crippen molar-refractivity contribution in [3.8, 4) is 0 Å². The van der Waals surface area contributed by atoms with E-state index in [0.29, 0.717) is 37.7 Å². The van der Waals surface area contributed by atoms with Crippen molar-refractivity contribution in [2.75, 3.05) is 26.3 Å². The van der Waals surface area contributed by atoms with Crippen molar-refractivity contribution in [2.45, 2.75) is 69.5 Å². The maximum Gasteiger partial charge on any atom is 0.243 e. The third-order valence-corrected chi connectivity index (χ3v) is 9.56. The van der Waals surface area contributed by atoms with Crippen LogP contribution in [0.15, 0.2) is 77.8 Å². The lowest BCUT2D eigenvalue weighted by molar-refractivity contribution is -0.135. The fourth-order valence-electron chi connectivity index (χ4n) is 5.28. The summed E-state index contributed by atoms with van der Waals surface area (Å²) >= 11 is 6.02. The summed E-state index contributed by atoms with van der Waals surface area (Å²) in [6.45, 7) is 4.02. The van der Waals surface area contributed by atoms with E-state index in [-0.39, 0.29) is 29.9 Å². The lowest BCUT2D eigenvalue weighted by Gasteiger charge is -2.36. The van der Waals surface area contributed by atoms with E-state index in [1.165, 1.54) is 22.0 Å². The van der Waals surface area contributed by atoms with E-state index in [9.17, 15) is 13.2 Å². The van der Waals surface area contributed by atoms with Gasteiger partial charge in [-0.15, -0.1) is 0 Å². The SMILES string of the molecule is CCOCCCN(CC(=O)N(Cc1cccn1Cc1ccccc1)C1CCCCC1)S(=O)(=O)c1ccc(Cl)cc1. The first kappa shape index (κ1) is 30.3. The molecule has 0 spiro atoms. The summed E-state index contributed by atoms with van der Waals surface area (Å²) in [5.74, 6) is -0.173. The van der Waals surface area contributed by atoms with Crippen LogP contribution in [0.25, 0.3) is 0 Å². The molecular formula is C31H40ClN3O4S. The molecule has 0 aliphatic heterocycles. The fourth-order valence-corrected chi connectivity index (χ4v) is 6.84. The molecule has 1 fully saturated rings. The summed E-state index contributed by atoms with van der Waals surface area (Å²) in [7, 11) is -3.91. The summed E-state index contributed by atoms with van der Waals surface area (Å²) in [5.41, 5.74) is 2.22. The number of amides is 1. The third kappa shape index (κ3) is 8.19. The van der Waals surface area contributed by atoms with Crippen LogP contribution in [0.1, 0.15) is 56.7 Å². The molecule has 3 aromatic rings. The lowest BCUT2D eigenvalue weighted by atomic mass is 9.94. The molecule has 40 heavy (non-hydrogen) atoms. The van der Waals surface area contributed by atoms with Crippen LogP contribution in [-0.2, 0) is 32.6 Å². The van der Waals surface area contributed by atoms with Gasteiger partial charge in [-0.1, -0.05) is 61.2 Å². The molecule has 1 saturated carbocycles. The van der Waals surface area contributed by atoms with Crippen molar-refractivity contribution in [3.05, 3.63) is 89.2 Å². The minimum Gasteiger partial charge on any atom is -0.382 e. The number of ether oxygens (including phenoxy) is 1. The van der Waals surface area contributed by atoms with E-state index in [1.54, 1.807) is 12.1 Å². The van der Waals surface area contributed by atoms with Crippen molar-refractivity contribution in [2.24, 2.45) is 0 Å². The van der Waals surface area contributed by atoms with E-state index in [0.717, 1.165) is 37.8 Å². The third-order valence-electron chi connectivity index (χ3n) is 7.45. The van der Waals surface area contributed by atoms with E-state index in [4.69, 9.17) is 16.3 Å². The Morgan fingerprint density at radius 1 is 1.00 bits per heavy atom. The lowest BCUT2D eigenvalue weighted by Crippen LogP contribution is -2.47. The molecule has 1 aliphatic carbocycles. The second-order valence-corrected chi connectivity index (χ2v) is 12.6. The maximum absolute atomic E-state index is 14.0. The summed E-state index contributed by atoms with van der Waals surface area (Å²) in [4.78, 5) is 16.1. The zero-order valence-electron chi connectivity index (χ0n) is 23.3. The van der Waals surface area contributed by atoms with Gasteiger partial charge in [0.15, 0.2) is 0 Å². The quantitative estimate of drug-likeness (QED) is 0.219. The second-order valence-electron chi connectivity index (χ2n) is 10.3. The maximum atomic E-state index is 14.0. The van der Waals surface area contributed by atoms with Gasteiger partial charge in [0.25, 0.3) is 0 Å². The van der Waals surface area contributed by atoms with Gasteiger partial charge in [0.1, 0.15) is 0 Å². The Kier molecular flexibility index (Phi) is 11.2. The number of carbonyl (C=O) groups excluding carboxylic acids is 1. The number of sulfonamides is 1. The molecule has 7 nitrogen and oxygen atoms in total. The van der Waals surface area contributed by atoms with Crippen LogP contribution in [0.5, 0.6) is 0 Å². The number of halogens is 1. The summed E-state index contributed by atoms with van der Waals surface area (Å²) in [6.07, 6.45) is 7.70. The smallest absolute Gasteiger partial charge is 0.243 e. The van der Waals surface area contributed by atoms with E-state index in [1.807, 2.05) is 42.3 Å². The summed E-state index contributed by atoms with van der Waals surface area (Å²) in [5, 5.41) is 0.458. The minimum atomic E-state index is -3.91. The number of hydrogen-bond acceptors (Lipinski definition) is 4. The van der Waals surface area contributed by atoms with Crippen LogP contribution < -0.4 is 0 Å². The molecule has 0 bridgehead atoms. The molecule has 2 aromatic carbocycles. The zero-order valence-corrected chi connectivity index (χ0v) is 24.8. The van der Waals surface area contributed by atoms with Gasteiger partial charge in [0, 0.05) is 49.3 Å². The Morgan fingerprint density at radius 3 is 2.42 bits per heavy atom. The standard InChI is InChI=1S/C31H40ClN3O4S/c1-2-39-22-10-21-34(40(37,38)30-18-16-27(32)17-19-30)25-31(36)35(28-13-7-4-8-14-28)24-29-15-9-20-33(29)23-26-11-5-3-6-12-26/h3,5-6,9,11-12,15-20,28H,2,4,7-8,10,13-14,21-25H2,1H3. The monoisotopic (exact) mass is 585 g/mol. The van der Waals surface area contributed by atoms with E-state index in [2.05, 4.69) is 22.8 Å². The van der Waals surface area contributed by atoms with Crippen molar-refractivity contribution in [3.63, 3.8) is 0 Å². The highest BCUT2D eigenvalue weighted by Crippen LogP contribution is 2.26. The molecule has 0 N–H and O–H groups in total. The number of aromatic nitrogens is 1. The molecule has 9 heteroatoms. The molecule has 0 saturated heterocycles. The Balaban J connectivity index is 1.57. The number of carbonyl (C=O) groups is 1. The first-order valence-corrected chi connectivity index (χ1v) is 16.0. The van der Waals surface area contributed by atoms with E-state index >= 15 is 0 Å². The molecule has 4 rings (SSSR count). The summed E-state index contributed by atoms with van der Waals surface area (Å²) in [6, 6.07) is 20.5. The highest BCUT2D eigenvalue weighted by molar-refractivity contribution is 7.89. The number of rotatable bonds is 14. The summed E-state index contributed by atoms with van der Waals surface area (Å²) < 4.78 is 36.3. The first-order chi connectivity index (χ1) is 19.4. The topological polar surface area (TPSA) is 71.8 Å². The Bertz CT molecular complexity index is 1310. The van der Waals surface area contributed by atoms with Gasteiger partial charge in [0.05, 0.1) is 18.0 Å². The predicted octanol–water partition coefficient (Wildman–Crippen LogP) is 5.97. The largest absolute Gasteiger partial charge is 0.382 e.